The van der Waals surface area contributed by atoms with E-state index < -0.39 is 11.8 Å². The molecule has 0 amide bonds. The number of carbonyl (C=O) groups is 1. The standard InChI is InChI=1S/C6H14BNO3S/c1-12-3-2-5(6(9)10)7-11-4-8/h5,7H,2-4,8H2,1H3,(H,9,10). The molecule has 6 heteroatoms. The van der Waals surface area contributed by atoms with Crippen LogP contribution in [0.3, 0.4) is 0 Å². The van der Waals surface area contributed by atoms with Crippen molar-refractivity contribution in [1.29, 1.82) is 0 Å². The molecule has 0 aromatic heterocycles. The molecule has 0 rings (SSSR count). The van der Waals surface area contributed by atoms with Gasteiger partial charge < -0.3 is 15.5 Å². The Bertz CT molecular complexity index is 128. The third-order valence-corrected chi connectivity index (χ3v) is 2.10. The van der Waals surface area contributed by atoms with E-state index in [1.54, 1.807) is 11.8 Å². The van der Waals surface area contributed by atoms with Crippen molar-refractivity contribution in [3.63, 3.8) is 0 Å². The zero-order valence-corrected chi connectivity index (χ0v) is 7.97. The summed E-state index contributed by atoms with van der Waals surface area (Å²) in [6, 6.07) is 0. The van der Waals surface area contributed by atoms with Crippen molar-refractivity contribution in [2.24, 2.45) is 5.73 Å². The van der Waals surface area contributed by atoms with Crippen molar-refractivity contribution in [1.82, 2.24) is 0 Å². The van der Waals surface area contributed by atoms with Gasteiger partial charge in [-0.15, -0.1) is 0 Å². The van der Waals surface area contributed by atoms with Crippen LogP contribution in [0.1, 0.15) is 6.42 Å². The number of carboxylic acids is 1. The van der Waals surface area contributed by atoms with Gasteiger partial charge in [0.2, 0.25) is 0 Å². The van der Waals surface area contributed by atoms with E-state index in [0.717, 1.165) is 5.75 Å². The largest absolute Gasteiger partial charge is 0.481 e. The third-order valence-electron chi connectivity index (χ3n) is 1.46. The Balaban J connectivity index is 3.62. The highest BCUT2D eigenvalue weighted by molar-refractivity contribution is 7.98. The molecule has 0 saturated heterocycles. The van der Waals surface area contributed by atoms with Crippen LogP contribution in [-0.4, -0.2) is 37.3 Å². The number of nitrogens with two attached hydrogens (primary N) is 1. The summed E-state index contributed by atoms with van der Waals surface area (Å²) < 4.78 is 4.84. The number of rotatable bonds is 7. The molecule has 0 aromatic carbocycles. The second kappa shape index (κ2) is 7.45. The molecular weight excluding hydrogens is 177 g/mol. The van der Waals surface area contributed by atoms with Crippen LogP contribution in [0.2, 0.25) is 5.82 Å². The van der Waals surface area contributed by atoms with Gasteiger partial charge >= 0.3 is 5.97 Å². The lowest BCUT2D eigenvalue weighted by Gasteiger charge is -2.08. The average Bonchev–Trinajstić information content (AvgIpc) is 2.04. The lowest BCUT2D eigenvalue weighted by atomic mass is 9.78. The van der Waals surface area contributed by atoms with Gasteiger partial charge in [-0.1, -0.05) is 0 Å². The summed E-state index contributed by atoms with van der Waals surface area (Å²) in [5.41, 5.74) is 5.09. The van der Waals surface area contributed by atoms with Gasteiger partial charge in [0.05, 0.1) is 12.5 Å². The fourth-order valence-electron chi connectivity index (χ4n) is 0.749. The molecule has 1 unspecified atom stereocenters. The van der Waals surface area contributed by atoms with E-state index in [4.69, 9.17) is 15.5 Å². The van der Waals surface area contributed by atoms with E-state index in [0.29, 0.717) is 6.42 Å². The summed E-state index contributed by atoms with van der Waals surface area (Å²) in [4.78, 5) is 10.6. The molecule has 0 spiro atoms. The zero-order valence-electron chi connectivity index (χ0n) is 7.16. The normalized spacial score (nSPS) is 12.5. The maximum atomic E-state index is 10.6. The summed E-state index contributed by atoms with van der Waals surface area (Å²) in [6.07, 6.45) is 2.58. The molecule has 0 fully saturated rings. The minimum absolute atomic E-state index is 0.0864. The van der Waals surface area contributed by atoms with Gasteiger partial charge in [0.1, 0.15) is 0 Å². The Labute approximate surface area is 77.1 Å². The molecule has 0 saturated carbocycles. The molecule has 12 heavy (non-hydrogen) atoms. The summed E-state index contributed by atoms with van der Waals surface area (Å²) in [7, 11) is 0.215. The highest BCUT2D eigenvalue weighted by Gasteiger charge is 2.18. The van der Waals surface area contributed by atoms with Gasteiger partial charge in [0.25, 0.3) is 7.48 Å². The fraction of sp³-hybridized carbons (Fsp3) is 0.833. The molecule has 1 atom stereocenters. The topological polar surface area (TPSA) is 72.5 Å². The maximum absolute atomic E-state index is 10.6. The molecule has 0 radical (unpaired) electrons. The van der Waals surface area contributed by atoms with Gasteiger partial charge in [-0.25, -0.2) is 0 Å². The first kappa shape index (κ1) is 11.8. The lowest BCUT2D eigenvalue weighted by molar-refractivity contribution is -0.137. The first-order chi connectivity index (χ1) is 5.72. The third kappa shape index (κ3) is 5.45. The SMILES string of the molecule is CSCCC(BOCN)C(=O)O. The van der Waals surface area contributed by atoms with Gasteiger partial charge in [-0.2, -0.15) is 11.8 Å². The number of hydrogen-bond donors (Lipinski definition) is 2. The van der Waals surface area contributed by atoms with Gasteiger partial charge in [-0.05, 0) is 18.4 Å². The van der Waals surface area contributed by atoms with Crippen LogP contribution in [-0.2, 0) is 9.45 Å². The Morgan fingerprint density at radius 3 is 2.92 bits per heavy atom. The van der Waals surface area contributed by atoms with Crippen molar-refractivity contribution in [3.05, 3.63) is 0 Å². The first-order valence-electron chi connectivity index (χ1n) is 3.72. The van der Waals surface area contributed by atoms with Crippen molar-refractivity contribution in [3.8, 4) is 0 Å². The molecular formula is C6H14BNO3S. The summed E-state index contributed by atoms with van der Waals surface area (Å²) in [6.45, 7) is 0.0864. The van der Waals surface area contributed by atoms with Crippen molar-refractivity contribution >= 4 is 25.2 Å². The molecule has 0 bridgehead atoms. The van der Waals surface area contributed by atoms with Crippen LogP contribution < -0.4 is 5.73 Å². The minimum Gasteiger partial charge on any atom is -0.481 e. The molecule has 70 valence electrons. The number of hydrogen-bond acceptors (Lipinski definition) is 4. The highest BCUT2D eigenvalue weighted by atomic mass is 32.2. The minimum atomic E-state index is -0.808. The van der Waals surface area contributed by atoms with E-state index in [1.165, 1.54) is 0 Å². The smallest absolute Gasteiger partial charge is 0.301 e. The Morgan fingerprint density at radius 2 is 2.50 bits per heavy atom. The van der Waals surface area contributed by atoms with Crippen LogP contribution in [0.25, 0.3) is 0 Å². The quantitative estimate of drug-likeness (QED) is 0.434. The van der Waals surface area contributed by atoms with E-state index in [-0.39, 0.29) is 14.2 Å². The van der Waals surface area contributed by atoms with Crippen LogP contribution in [0.15, 0.2) is 0 Å². The first-order valence-corrected chi connectivity index (χ1v) is 5.11. The van der Waals surface area contributed by atoms with E-state index in [2.05, 4.69) is 0 Å². The van der Waals surface area contributed by atoms with E-state index >= 15 is 0 Å². The monoisotopic (exact) mass is 191 g/mol. The summed E-state index contributed by atoms with van der Waals surface area (Å²) in [5.74, 6) is -0.385. The molecule has 0 aliphatic carbocycles. The number of aliphatic carboxylic acids is 1. The van der Waals surface area contributed by atoms with Crippen molar-refractivity contribution < 1.29 is 14.6 Å². The van der Waals surface area contributed by atoms with Crippen LogP contribution in [0, 0.1) is 0 Å². The molecule has 0 heterocycles. The Morgan fingerprint density at radius 1 is 1.83 bits per heavy atom. The second-order valence-corrected chi connectivity index (χ2v) is 3.34. The maximum Gasteiger partial charge on any atom is 0.301 e. The van der Waals surface area contributed by atoms with Crippen LogP contribution in [0.4, 0.5) is 0 Å². The Hall–Kier alpha value is -0.195. The van der Waals surface area contributed by atoms with Crippen molar-refractivity contribution in [2.75, 3.05) is 18.7 Å². The Kier molecular flexibility index (Phi) is 7.33. The molecule has 0 aliphatic rings. The zero-order chi connectivity index (χ0) is 9.40. The molecule has 3 N–H and O–H groups in total. The predicted molar refractivity (Wildman–Crippen MR) is 51.7 cm³/mol. The van der Waals surface area contributed by atoms with Crippen LogP contribution in [0.5, 0.6) is 0 Å². The molecule has 4 nitrogen and oxygen atoms in total. The van der Waals surface area contributed by atoms with E-state index in [9.17, 15) is 4.79 Å². The fourth-order valence-corrected chi connectivity index (χ4v) is 1.27. The number of carboxylic acid groups (broad SMARTS) is 1. The van der Waals surface area contributed by atoms with Gasteiger partial charge in [0.15, 0.2) is 0 Å². The number of thioether (sulfide) groups is 1. The molecule has 0 aromatic rings. The van der Waals surface area contributed by atoms with Crippen molar-refractivity contribution in [2.45, 2.75) is 12.2 Å². The summed E-state index contributed by atoms with van der Waals surface area (Å²) >= 11 is 1.63. The second-order valence-electron chi connectivity index (χ2n) is 2.35. The van der Waals surface area contributed by atoms with Gasteiger partial charge in [0, 0.05) is 0 Å². The van der Waals surface area contributed by atoms with E-state index in [1.807, 2.05) is 6.26 Å². The van der Waals surface area contributed by atoms with Crippen LogP contribution >= 0.6 is 11.8 Å². The van der Waals surface area contributed by atoms with Gasteiger partial charge in [-0.3, -0.25) is 4.79 Å². The lowest BCUT2D eigenvalue weighted by Crippen LogP contribution is -2.20. The summed E-state index contributed by atoms with van der Waals surface area (Å²) in [5, 5.41) is 8.70. The molecule has 0 aliphatic heterocycles. The highest BCUT2D eigenvalue weighted by Crippen LogP contribution is 2.12. The predicted octanol–water partition coefficient (Wildman–Crippen LogP) is -0.103. The average molecular weight is 191 g/mol.